The average Bonchev–Trinajstić information content (AvgIpc) is 2.72. The van der Waals surface area contributed by atoms with Crippen LogP contribution in [0.15, 0.2) is 0 Å². The molecule has 1 saturated heterocycles. The molecule has 120 valence electrons. The molecule has 5 heteroatoms. The molecule has 2 atom stereocenters. The minimum atomic E-state index is 0.392. The number of hydrogen-bond donors (Lipinski definition) is 1. The first-order valence-corrected chi connectivity index (χ1v) is 8.52. The number of rotatable bonds is 7. The van der Waals surface area contributed by atoms with E-state index in [2.05, 4.69) is 17.3 Å². The van der Waals surface area contributed by atoms with Gasteiger partial charge in [-0.3, -0.25) is 4.68 Å². The van der Waals surface area contributed by atoms with E-state index in [-0.39, 0.29) is 0 Å². The van der Waals surface area contributed by atoms with Gasteiger partial charge in [0.25, 0.3) is 0 Å². The second kappa shape index (κ2) is 8.16. The minimum absolute atomic E-state index is 0.392. The molecule has 0 amide bonds. The van der Waals surface area contributed by atoms with Crippen molar-refractivity contribution in [3.05, 3.63) is 16.4 Å². The molecule has 2 heterocycles. The molecule has 0 aliphatic carbocycles. The zero-order chi connectivity index (χ0) is 15.2. The van der Waals surface area contributed by atoms with Crippen LogP contribution < -0.4 is 5.32 Å². The van der Waals surface area contributed by atoms with Crippen molar-refractivity contribution in [1.29, 1.82) is 0 Å². The quantitative estimate of drug-likeness (QED) is 0.840. The van der Waals surface area contributed by atoms with E-state index < -0.39 is 0 Å². The van der Waals surface area contributed by atoms with Crippen molar-refractivity contribution >= 4 is 11.6 Å². The normalized spacial score (nSPS) is 20.7. The summed E-state index contributed by atoms with van der Waals surface area (Å²) in [7, 11) is 1.90. The third-order valence-corrected chi connectivity index (χ3v) is 4.70. The molecule has 4 nitrogen and oxygen atoms in total. The number of nitrogens with one attached hydrogen (secondary N) is 1. The lowest BCUT2D eigenvalue weighted by atomic mass is 9.97. The van der Waals surface area contributed by atoms with E-state index in [0.29, 0.717) is 12.1 Å². The van der Waals surface area contributed by atoms with Crippen molar-refractivity contribution in [1.82, 2.24) is 15.1 Å². The third kappa shape index (κ3) is 4.70. The fourth-order valence-electron chi connectivity index (χ4n) is 3.05. The number of aromatic nitrogens is 2. The van der Waals surface area contributed by atoms with Crippen molar-refractivity contribution in [2.45, 2.75) is 64.5 Å². The van der Waals surface area contributed by atoms with Gasteiger partial charge in [-0.2, -0.15) is 5.10 Å². The first kappa shape index (κ1) is 16.8. The Hall–Kier alpha value is -0.580. The lowest BCUT2D eigenvalue weighted by Crippen LogP contribution is -2.37. The molecule has 21 heavy (non-hydrogen) atoms. The Morgan fingerprint density at radius 2 is 2.29 bits per heavy atom. The van der Waals surface area contributed by atoms with Crippen molar-refractivity contribution in [3.8, 4) is 0 Å². The van der Waals surface area contributed by atoms with Crippen molar-refractivity contribution in [2.24, 2.45) is 7.05 Å². The first-order valence-electron chi connectivity index (χ1n) is 8.14. The predicted octanol–water partition coefficient (Wildman–Crippen LogP) is 3.25. The maximum atomic E-state index is 6.38. The number of nitrogens with zero attached hydrogens (tertiary/aromatic N) is 2. The smallest absolute Gasteiger partial charge is 0.130 e. The van der Waals surface area contributed by atoms with Gasteiger partial charge < -0.3 is 10.1 Å². The van der Waals surface area contributed by atoms with Gasteiger partial charge in [0.2, 0.25) is 0 Å². The molecule has 1 N–H and O–H groups in total. The summed E-state index contributed by atoms with van der Waals surface area (Å²) >= 11 is 6.38. The second-order valence-electron chi connectivity index (χ2n) is 6.06. The van der Waals surface area contributed by atoms with E-state index in [1.165, 1.54) is 24.8 Å². The van der Waals surface area contributed by atoms with E-state index in [0.717, 1.165) is 43.3 Å². The summed E-state index contributed by atoms with van der Waals surface area (Å²) in [5.74, 6) is 0. The molecule has 0 bridgehead atoms. The Kier molecular flexibility index (Phi) is 6.52. The molecule has 1 aliphatic heterocycles. The summed E-state index contributed by atoms with van der Waals surface area (Å²) in [6.07, 6.45) is 7.20. The Bertz CT molecular complexity index is 441. The Balaban J connectivity index is 2.00. The van der Waals surface area contributed by atoms with Gasteiger partial charge in [0.15, 0.2) is 0 Å². The minimum Gasteiger partial charge on any atom is -0.378 e. The molecule has 0 spiro atoms. The molecule has 1 fully saturated rings. The van der Waals surface area contributed by atoms with E-state index in [9.17, 15) is 0 Å². The van der Waals surface area contributed by atoms with E-state index >= 15 is 0 Å². The number of halogens is 1. The van der Waals surface area contributed by atoms with Gasteiger partial charge in [0.1, 0.15) is 5.15 Å². The Morgan fingerprint density at radius 3 is 2.86 bits per heavy atom. The predicted molar refractivity (Wildman–Crippen MR) is 86.9 cm³/mol. The highest BCUT2D eigenvalue weighted by Crippen LogP contribution is 2.23. The van der Waals surface area contributed by atoms with E-state index in [1.54, 1.807) is 4.68 Å². The molecule has 0 aromatic carbocycles. The molecule has 1 aromatic rings. The average molecular weight is 314 g/mol. The zero-order valence-electron chi connectivity index (χ0n) is 13.5. The molecule has 1 aliphatic rings. The van der Waals surface area contributed by atoms with Crippen molar-refractivity contribution in [3.63, 3.8) is 0 Å². The van der Waals surface area contributed by atoms with Crippen molar-refractivity contribution in [2.75, 3.05) is 13.2 Å². The van der Waals surface area contributed by atoms with Gasteiger partial charge in [-0.15, -0.1) is 0 Å². The summed E-state index contributed by atoms with van der Waals surface area (Å²) in [4.78, 5) is 0. The van der Waals surface area contributed by atoms with Crippen LogP contribution in [0.5, 0.6) is 0 Å². The Labute approximate surface area is 133 Å². The molecular formula is C16H28ClN3O. The van der Waals surface area contributed by atoms with Gasteiger partial charge >= 0.3 is 0 Å². The van der Waals surface area contributed by atoms with Crippen LogP contribution in [0.2, 0.25) is 5.15 Å². The highest BCUT2D eigenvalue weighted by atomic mass is 35.5. The summed E-state index contributed by atoms with van der Waals surface area (Å²) in [5.41, 5.74) is 2.21. The zero-order valence-corrected chi connectivity index (χ0v) is 14.2. The maximum absolute atomic E-state index is 6.38. The lowest BCUT2D eigenvalue weighted by molar-refractivity contribution is 0.00525. The summed E-state index contributed by atoms with van der Waals surface area (Å²) in [5, 5.41) is 8.83. The fourth-order valence-corrected chi connectivity index (χ4v) is 3.30. The third-order valence-electron chi connectivity index (χ3n) is 4.22. The highest BCUT2D eigenvalue weighted by Gasteiger charge is 2.22. The molecule has 0 saturated carbocycles. The van der Waals surface area contributed by atoms with E-state index in [1.807, 2.05) is 14.0 Å². The van der Waals surface area contributed by atoms with Gasteiger partial charge in [-0.25, -0.2) is 0 Å². The number of aryl methyl sites for hydroxylation is 2. The van der Waals surface area contributed by atoms with Crippen LogP contribution in [-0.2, 0) is 18.2 Å². The van der Waals surface area contributed by atoms with Gasteiger partial charge in [0.05, 0.1) is 11.8 Å². The summed E-state index contributed by atoms with van der Waals surface area (Å²) in [6.45, 7) is 6.19. The highest BCUT2D eigenvalue weighted by molar-refractivity contribution is 6.30. The van der Waals surface area contributed by atoms with Gasteiger partial charge in [0, 0.05) is 25.3 Å². The standard InChI is InChI=1S/C16H28ClN3O/c1-4-8-18-13(10-14-7-5-6-9-21-14)11-15-12(2)19-20(3)16(15)17/h13-14,18H,4-11H2,1-3H3. The van der Waals surface area contributed by atoms with Crippen LogP contribution in [0, 0.1) is 6.92 Å². The molecule has 2 unspecified atom stereocenters. The summed E-state index contributed by atoms with van der Waals surface area (Å²) < 4.78 is 7.66. The SMILES string of the molecule is CCCNC(Cc1c(C)nn(C)c1Cl)CC1CCCCO1. The summed E-state index contributed by atoms with van der Waals surface area (Å²) in [6, 6.07) is 0.411. The van der Waals surface area contributed by atoms with Crippen LogP contribution in [-0.4, -0.2) is 35.1 Å². The van der Waals surface area contributed by atoms with Gasteiger partial charge in [-0.05, 0) is 52.0 Å². The van der Waals surface area contributed by atoms with E-state index in [4.69, 9.17) is 16.3 Å². The molecular weight excluding hydrogens is 286 g/mol. The van der Waals surface area contributed by atoms with Crippen LogP contribution in [0.1, 0.15) is 50.3 Å². The Morgan fingerprint density at radius 1 is 1.48 bits per heavy atom. The lowest BCUT2D eigenvalue weighted by Gasteiger charge is -2.27. The largest absolute Gasteiger partial charge is 0.378 e. The fraction of sp³-hybridized carbons (Fsp3) is 0.812. The first-order chi connectivity index (χ1) is 10.1. The monoisotopic (exact) mass is 313 g/mol. The topological polar surface area (TPSA) is 39.1 Å². The van der Waals surface area contributed by atoms with Crippen LogP contribution in [0.25, 0.3) is 0 Å². The maximum Gasteiger partial charge on any atom is 0.130 e. The van der Waals surface area contributed by atoms with Crippen molar-refractivity contribution < 1.29 is 4.74 Å². The molecule has 0 radical (unpaired) electrons. The van der Waals surface area contributed by atoms with Crippen LogP contribution in [0.4, 0.5) is 0 Å². The molecule has 2 rings (SSSR count). The van der Waals surface area contributed by atoms with Crippen LogP contribution in [0.3, 0.4) is 0 Å². The van der Waals surface area contributed by atoms with Crippen LogP contribution >= 0.6 is 11.6 Å². The molecule has 1 aromatic heterocycles. The number of ether oxygens (including phenoxy) is 1. The second-order valence-corrected chi connectivity index (χ2v) is 6.42. The number of hydrogen-bond acceptors (Lipinski definition) is 3. The van der Waals surface area contributed by atoms with Gasteiger partial charge in [-0.1, -0.05) is 18.5 Å².